The fourth-order valence-corrected chi connectivity index (χ4v) is 55.3. The van der Waals surface area contributed by atoms with E-state index in [1.165, 1.54) is 280 Å². The Morgan fingerprint density at radius 1 is 0.219 bits per heavy atom. The van der Waals surface area contributed by atoms with Crippen molar-refractivity contribution in [1.29, 1.82) is 0 Å². The predicted molar refractivity (Wildman–Crippen MR) is 312 cm³/mol. The maximum atomic E-state index is 4.03. The molecular formula is C51H123N7Si6. The SMILES string of the molecule is CCCCN(CCCC)[Si](C[SiH3])(N(CCCC)CCCC)N([Si](C[SiH3])(N(CCCC)CCCC)N(CCCC)CCCC)[Si](C[SiH3])(N(CCCC)CCCC)N(CCCC)CCCC. The number of nitrogens with zero attached hydrogens (tertiary/aromatic N) is 7. The highest BCUT2D eigenvalue weighted by atomic mass is 28.5. The smallest absolute Gasteiger partial charge is 0.276 e. The van der Waals surface area contributed by atoms with Crippen molar-refractivity contribution in [3.05, 3.63) is 0 Å². The Morgan fingerprint density at radius 3 is 0.406 bits per heavy atom. The van der Waals surface area contributed by atoms with Crippen LogP contribution in [0.2, 0.25) is 17.0 Å². The Balaban J connectivity index is 10.4. The van der Waals surface area contributed by atoms with Gasteiger partial charge in [-0.25, -0.2) is 0 Å². The van der Waals surface area contributed by atoms with Gasteiger partial charge in [0, 0.05) is 30.7 Å². The van der Waals surface area contributed by atoms with Crippen molar-refractivity contribution in [2.45, 2.75) is 254 Å². The van der Waals surface area contributed by atoms with E-state index in [1.54, 1.807) is 0 Å². The average molecular weight is 1000 g/mol. The van der Waals surface area contributed by atoms with Gasteiger partial charge in [-0.3, -0.25) is 3.90 Å². The van der Waals surface area contributed by atoms with Crippen molar-refractivity contribution < 1.29 is 0 Å². The summed E-state index contributed by atoms with van der Waals surface area (Å²) in [4.78, 5) is 0. The molecular weight excluding hydrogens is 879 g/mol. The molecule has 0 aliphatic heterocycles. The molecule has 0 rings (SSSR count). The first-order chi connectivity index (χ1) is 31.2. The second-order valence-electron chi connectivity index (χ2n) is 19.9. The molecule has 0 aliphatic rings. The van der Waals surface area contributed by atoms with Gasteiger partial charge in [0.15, 0.2) is 0 Å². The quantitative estimate of drug-likeness (QED) is 0.0560. The van der Waals surface area contributed by atoms with Crippen LogP contribution in [0.4, 0.5) is 0 Å². The first-order valence-electron chi connectivity index (χ1n) is 29.5. The largest absolute Gasteiger partial charge is 0.300 e. The topological polar surface area (TPSA) is 22.7 Å². The van der Waals surface area contributed by atoms with Gasteiger partial charge >= 0.3 is 0 Å². The molecule has 0 atom stereocenters. The van der Waals surface area contributed by atoms with E-state index in [4.69, 9.17) is 0 Å². The van der Waals surface area contributed by atoms with Gasteiger partial charge in [-0.15, -0.1) is 0 Å². The Kier molecular flexibility index (Phi) is 41.4. The van der Waals surface area contributed by atoms with Crippen molar-refractivity contribution in [3.63, 3.8) is 0 Å². The second kappa shape index (κ2) is 40.7. The van der Waals surface area contributed by atoms with Crippen LogP contribution in [-0.2, 0) is 0 Å². The molecule has 0 aromatic carbocycles. The molecule has 0 amide bonds. The fraction of sp³-hybridized carbons (Fsp3) is 1.00. The minimum atomic E-state index is -2.62. The van der Waals surface area contributed by atoms with Crippen LogP contribution in [0.3, 0.4) is 0 Å². The lowest BCUT2D eigenvalue weighted by molar-refractivity contribution is 0.213. The molecule has 386 valence electrons. The molecule has 0 heterocycles. The van der Waals surface area contributed by atoms with Gasteiger partial charge in [-0.05, 0) is 173 Å². The van der Waals surface area contributed by atoms with Crippen LogP contribution in [0.15, 0.2) is 0 Å². The normalized spacial score (nSPS) is 13.4. The second-order valence-corrected chi connectivity index (χ2v) is 39.5. The minimum absolute atomic E-state index is 1.28. The first-order valence-corrected chi connectivity index (χ1v) is 39.9. The van der Waals surface area contributed by atoms with Crippen LogP contribution < -0.4 is 0 Å². The van der Waals surface area contributed by atoms with E-state index in [0.717, 1.165) is 0 Å². The highest BCUT2D eigenvalue weighted by molar-refractivity contribution is 7.05. The number of hydrogen-bond acceptors (Lipinski definition) is 7. The van der Waals surface area contributed by atoms with Gasteiger partial charge < -0.3 is 27.4 Å². The molecule has 0 aromatic heterocycles. The lowest BCUT2D eigenvalue weighted by Crippen LogP contribution is -2.97. The zero-order chi connectivity index (χ0) is 48.1. The molecule has 0 bridgehead atoms. The molecule has 13 heteroatoms. The van der Waals surface area contributed by atoms with Crippen LogP contribution in [0.5, 0.6) is 0 Å². The average Bonchev–Trinajstić information content (AvgIpc) is 3.32. The van der Waals surface area contributed by atoms with Crippen LogP contribution in [0.25, 0.3) is 0 Å². The van der Waals surface area contributed by atoms with Crippen molar-refractivity contribution >= 4 is 56.4 Å². The summed E-state index contributed by atoms with van der Waals surface area (Å²) in [6.07, 6.45) is 31.9. The van der Waals surface area contributed by atoms with Crippen molar-refractivity contribution in [3.8, 4) is 0 Å². The van der Waals surface area contributed by atoms with E-state index in [-0.39, 0.29) is 0 Å². The third kappa shape index (κ3) is 19.3. The third-order valence-electron chi connectivity index (χ3n) is 14.9. The minimum Gasteiger partial charge on any atom is -0.300 e. The van der Waals surface area contributed by atoms with Crippen LogP contribution in [0, 0.1) is 0 Å². The van der Waals surface area contributed by atoms with Gasteiger partial charge in [-0.2, -0.15) is 0 Å². The zero-order valence-electron chi connectivity index (χ0n) is 47.2. The van der Waals surface area contributed by atoms with Crippen molar-refractivity contribution in [1.82, 2.24) is 31.3 Å². The summed E-state index contributed by atoms with van der Waals surface area (Å²) in [6.45, 7) is 45.8. The van der Waals surface area contributed by atoms with Crippen molar-refractivity contribution in [2.75, 3.05) is 78.5 Å². The molecule has 0 N–H and O–H groups in total. The highest BCUT2D eigenvalue weighted by Crippen LogP contribution is 2.44. The monoisotopic (exact) mass is 1000 g/mol. The van der Waals surface area contributed by atoms with Gasteiger partial charge in [0.2, 0.25) is 0 Å². The molecule has 7 nitrogen and oxygen atoms in total. The van der Waals surface area contributed by atoms with E-state index in [1.807, 2.05) is 0 Å². The maximum absolute atomic E-state index is 4.03. The Hall–Kier alpha value is 1.02. The molecule has 0 unspecified atom stereocenters. The lowest BCUT2D eigenvalue weighted by atomic mass is 10.3. The van der Waals surface area contributed by atoms with E-state index in [2.05, 4.69) is 114 Å². The van der Waals surface area contributed by atoms with Crippen LogP contribution in [-0.4, -0.2) is 166 Å². The van der Waals surface area contributed by atoms with Gasteiger partial charge in [0.25, 0.3) is 25.7 Å². The number of rotatable bonds is 48. The molecule has 0 aliphatic carbocycles. The summed E-state index contributed by atoms with van der Waals surface area (Å²) < 4.78 is 24.8. The van der Waals surface area contributed by atoms with E-state index < -0.39 is 25.7 Å². The molecule has 0 fully saturated rings. The van der Waals surface area contributed by atoms with Gasteiger partial charge in [0.1, 0.15) is 0 Å². The fourth-order valence-electron chi connectivity index (χ4n) is 11.1. The standard InChI is InChI=1S/C51H123N7Si6/c1-13-25-37-52(38-26-14-2)62(49-59,53(39-27-15-3)40-28-16-4)58(63(50-60,54(41-29-17-5)42-30-18-6)55(43-31-19-7)44-32-20-8)64(51-61,56(45-33-21-9)46-34-22-10)57(47-35-23-11)48-36-24-12/h13-51H2,1-12,59-61H3. The van der Waals surface area contributed by atoms with E-state index in [9.17, 15) is 0 Å². The van der Waals surface area contributed by atoms with E-state index in [0.29, 0.717) is 0 Å². The number of unbranched alkanes of at least 4 members (excludes halogenated alkanes) is 12. The Bertz CT molecular complexity index is 802. The predicted octanol–water partition coefficient (Wildman–Crippen LogP) is 10.5. The van der Waals surface area contributed by atoms with Crippen LogP contribution >= 0.6 is 0 Å². The van der Waals surface area contributed by atoms with Gasteiger partial charge in [-0.1, -0.05) is 160 Å². The van der Waals surface area contributed by atoms with Crippen LogP contribution in [0.1, 0.15) is 237 Å². The third-order valence-corrected chi connectivity index (χ3v) is 43.7. The molecule has 0 saturated heterocycles. The molecule has 0 spiro atoms. The molecule has 0 saturated carbocycles. The number of hydrogen-bond donors (Lipinski definition) is 0. The van der Waals surface area contributed by atoms with Gasteiger partial charge in [0.05, 0.1) is 0 Å². The summed E-state index contributed by atoms with van der Waals surface area (Å²) in [5.74, 6) is 0. The summed E-state index contributed by atoms with van der Waals surface area (Å²) in [7, 11) is -4.01. The summed E-state index contributed by atoms with van der Waals surface area (Å²) >= 11 is 0. The molecule has 0 radical (unpaired) electrons. The van der Waals surface area contributed by atoms with E-state index >= 15 is 0 Å². The first kappa shape index (κ1) is 65.0. The van der Waals surface area contributed by atoms with Crippen molar-refractivity contribution in [2.24, 2.45) is 0 Å². The highest BCUT2D eigenvalue weighted by Gasteiger charge is 2.70. The Morgan fingerprint density at radius 2 is 0.328 bits per heavy atom. The lowest BCUT2D eigenvalue weighted by Gasteiger charge is -2.71. The molecule has 0 aromatic rings. The summed E-state index contributed by atoms with van der Waals surface area (Å²) in [6, 6.07) is 0. The zero-order valence-corrected chi connectivity index (χ0v) is 56.2. The summed E-state index contributed by atoms with van der Waals surface area (Å²) in [5.41, 5.74) is 4.45. The molecule has 64 heavy (non-hydrogen) atoms. The maximum Gasteiger partial charge on any atom is 0.276 e. The summed E-state index contributed by atoms with van der Waals surface area (Å²) in [5, 5.41) is 0. The Labute approximate surface area is 418 Å².